The third kappa shape index (κ3) is 3.15. The third-order valence-electron chi connectivity index (χ3n) is 6.15. The van der Waals surface area contributed by atoms with Crippen molar-refractivity contribution in [2.45, 2.75) is 13.8 Å². The smallest absolute Gasteiger partial charge is 0.324 e. The summed E-state index contributed by atoms with van der Waals surface area (Å²) in [6, 6.07) is 17.5. The number of amides is 3. The highest BCUT2D eigenvalue weighted by Gasteiger charge is 2.29. The average Bonchev–Trinajstić information content (AvgIpc) is 3.11. The monoisotopic (exact) mass is 424 g/mol. The summed E-state index contributed by atoms with van der Waals surface area (Å²) < 4.78 is 0. The molecule has 0 spiro atoms. The number of hydrogen-bond acceptors (Lipinski definition) is 3. The SMILES string of the molecule is Cc1ccc2ccccc2c1C(=O)Nc1cccc2c(N3CCN(C)C3=O)c(C)cnc12. The minimum Gasteiger partial charge on any atom is -0.326 e. The molecule has 0 radical (unpaired) electrons. The summed E-state index contributed by atoms with van der Waals surface area (Å²) in [4.78, 5) is 34.2. The fraction of sp³-hybridized carbons (Fsp3) is 0.192. The van der Waals surface area contributed by atoms with Gasteiger partial charge in [0.05, 0.1) is 22.5 Å². The van der Waals surface area contributed by atoms with Gasteiger partial charge in [-0.3, -0.25) is 14.7 Å². The number of nitrogens with one attached hydrogen (secondary N) is 1. The first-order valence-corrected chi connectivity index (χ1v) is 10.7. The number of aromatic nitrogens is 1. The van der Waals surface area contributed by atoms with E-state index in [9.17, 15) is 9.59 Å². The van der Waals surface area contributed by atoms with E-state index in [1.165, 1.54) is 0 Å². The number of carbonyl (C=O) groups excluding carboxylic acids is 2. The molecule has 3 aromatic carbocycles. The summed E-state index contributed by atoms with van der Waals surface area (Å²) in [5.74, 6) is -0.173. The van der Waals surface area contributed by atoms with Crippen LogP contribution in [0, 0.1) is 13.8 Å². The van der Waals surface area contributed by atoms with Gasteiger partial charge in [-0.05, 0) is 41.8 Å². The second-order valence-electron chi connectivity index (χ2n) is 8.28. The van der Waals surface area contributed by atoms with Gasteiger partial charge in [-0.1, -0.05) is 48.5 Å². The second-order valence-corrected chi connectivity index (χ2v) is 8.28. The topological polar surface area (TPSA) is 65.5 Å². The van der Waals surface area contributed by atoms with Crippen LogP contribution in [0.15, 0.2) is 60.8 Å². The summed E-state index contributed by atoms with van der Waals surface area (Å²) in [6.45, 7) is 5.21. The average molecular weight is 425 g/mol. The number of benzene rings is 3. The lowest BCUT2D eigenvalue weighted by Gasteiger charge is -2.21. The molecule has 6 nitrogen and oxygen atoms in total. The number of likely N-dealkylation sites (N-methyl/N-ethyl adjacent to an activating group) is 1. The molecule has 1 aromatic heterocycles. The molecule has 2 heterocycles. The Hall–Kier alpha value is -3.93. The standard InChI is InChI=1S/C26H24N4O2/c1-16-11-12-18-7-4-5-8-19(18)22(16)25(31)28-21-10-6-9-20-23(21)27-15-17(2)24(20)30-14-13-29(3)26(30)32/h4-12,15H,13-14H2,1-3H3,(H,28,31). The van der Waals surface area contributed by atoms with E-state index in [2.05, 4.69) is 10.3 Å². The van der Waals surface area contributed by atoms with Crippen LogP contribution >= 0.6 is 0 Å². The third-order valence-corrected chi connectivity index (χ3v) is 6.15. The van der Waals surface area contributed by atoms with Crippen molar-refractivity contribution in [1.82, 2.24) is 9.88 Å². The Labute approximate surface area is 186 Å². The number of aryl methyl sites for hydroxylation is 2. The minimum absolute atomic E-state index is 0.0265. The number of nitrogens with zero attached hydrogens (tertiary/aromatic N) is 3. The zero-order valence-electron chi connectivity index (χ0n) is 18.3. The summed E-state index contributed by atoms with van der Waals surface area (Å²) in [5.41, 5.74) is 4.64. The molecule has 6 heteroatoms. The van der Waals surface area contributed by atoms with Crippen molar-refractivity contribution in [3.63, 3.8) is 0 Å². The summed E-state index contributed by atoms with van der Waals surface area (Å²) in [6.07, 6.45) is 1.77. The van der Waals surface area contributed by atoms with Crippen LogP contribution in [0.25, 0.3) is 21.7 Å². The highest BCUT2D eigenvalue weighted by molar-refractivity contribution is 6.17. The van der Waals surface area contributed by atoms with E-state index in [1.807, 2.05) is 68.4 Å². The van der Waals surface area contributed by atoms with E-state index >= 15 is 0 Å². The number of hydrogen-bond donors (Lipinski definition) is 1. The number of urea groups is 1. The lowest BCUT2D eigenvalue weighted by Crippen LogP contribution is -2.30. The highest BCUT2D eigenvalue weighted by Crippen LogP contribution is 2.35. The first-order valence-electron chi connectivity index (χ1n) is 10.7. The Morgan fingerprint density at radius 2 is 1.72 bits per heavy atom. The molecule has 5 rings (SSSR count). The van der Waals surface area contributed by atoms with Crippen LogP contribution in [0.3, 0.4) is 0 Å². The Balaban J connectivity index is 1.60. The molecule has 1 aliphatic heterocycles. The fourth-order valence-electron chi connectivity index (χ4n) is 4.49. The molecule has 0 aliphatic carbocycles. The lowest BCUT2D eigenvalue weighted by atomic mass is 9.99. The Kier molecular flexibility index (Phi) is 4.78. The molecule has 3 amide bonds. The van der Waals surface area contributed by atoms with Gasteiger partial charge in [-0.2, -0.15) is 0 Å². The summed E-state index contributed by atoms with van der Waals surface area (Å²) >= 11 is 0. The van der Waals surface area contributed by atoms with Crippen LogP contribution in [-0.2, 0) is 0 Å². The molecular formula is C26H24N4O2. The summed E-state index contributed by atoms with van der Waals surface area (Å²) in [5, 5.41) is 5.86. The van der Waals surface area contributed by atoms with E-state index in [4.69, 9.17) is 0 Å². The molecule has 1 fully saturated rings. The molecule has 0 saturated carbocycles. The maximum atomic E-state index is 13.4. The number of pyridine rings is 1. The molecule has 4 aromatic rings. The second kappa shape index (κ2) is 7.64. The van der Waals surface area contributed by atoms with Gasteiger partial charge in [0.25, 0.3) is 5.91 Å². The minimum atomic E-state index is -0.173. The van der Waals surface area contributed by atoms with Crippen LogP contribution in [0.1, 0.15) is 21.5 Å². The molecule has 160 valence electrons. The normalized spacial score (nSPS) is 13.9. The van der Waals surface area contributed by atoms with Gasteiger partial charge in [0.1, 0.15) is 0 Å². The van der Waals surface area contributed by atoms with Gasteiger partial charge in [0.15, 0.2) is 0 Å². The van der Waals surface area contributed by atoms with Crippen LogP contribution in [-0.4, -0.2) is 42.0 Å². The molecule has 0 atom stereocenters. The van der Waals surface area contributed by atoms with Gasteiger partial charge < -0.3 is 10.2 Å². The van der Waals surface area contributed by atoms with E-state index in [0.29, 0.717) is 29.9 Å². The van der Waals surface area contributed by atoms with Gasteiger partial charge in [-0.25, -0.2) is 4.79 Å². The van der Waals surface area contributed by atoms with Crippen LogP contribution in [0.4, 0.5) is 16.2 Å². The quantitative estimate of drug-likeness (QED) is 0.496. The van der Waals surface area contributed by atoms with Crippen molar-refractivity contribution in [2.75, 3.05) is 30.4 Å². The molecule has 0 bridgehead atoms. The first-order chi connectivity index (χ1) is 15.5. The number of anilines is 2. The van der Waals surface area contributed by atoms with Gasteiger partial charge >= 0.3 is 6.03 Å². The highest BCUT2D eigenvalue weighted by atomic mass is 16.2. The summed E-state index contributed by atoms with van der Waals surface area (Å²) in [7, 11) is 1.80. The predicted molar refractivity (Wildman–Crippen MR) is 128 cm³/mol. The fourth-order valence-corrected chi connectivity index (χ4v) is 4.49. The van der Waals surface area contributed by atoms with Crippen LogP contribution in [0.2, 0.25) is 0 Å². The largest absolute Gasteiger partial charge is 0.326 e. The van der Waals surface area contributed by atoms with Crippen molar-refractivity contribution < 1.29 is 9.59 Å². The van der Waals surface area contributed by atoms with Crippen molar-refractivity contribution >= 4 is 45.0 Å². The maximum absolute atomic E-state index is 13.4. The lowest BCUT2D eigenvalue weighted by molar-refractivity contribution is 0.102. The van der Waals surface area contributed by atoms with Crippen LogP contribution < -0.4 is 10.2 Å². The van der Waals surface area contributed by atoms with E-state index in [1.54, 1.807) is 23.0 Å². The van der Waals surface area contributed by atoms with Crippen LogP contribution in [0.5, 0.6) is 0 Å². The molecular weight excluding hydrogens is 400 g/mol. The number of fused-ring (bicyclic) bond motifs is 2. The Morgan fingerprint density at radius 1 is 0.938 bits per heavy atom. The number of para-hydroxylation sites is 1. The van der Waals surface area contributed by atoms with E-state index in [-0.39, 0.29) is 11.9 Å². The molecule has 1 aliphatic rings. The van der Waals surface area contributed by atoms with E-state index in [0.717, 1.165) is 33.0 Å². The van der Waals surface area contributed by atoms with Gasteiger partial charge in [0, 0.05) is 31.7 Å². The molecule has 1 saturated heterocycles. The molecule has 0 unspecified atom stereocenters. The molecule has 32 heavy (non-hydrogen) atoms. The van der Waals surface area contributed by atoms with Crippen molar-refractivity contribution in [3.8, 4) is 0 Å². The Bertz CT molecular complexity index is 1400. The zero-order valence-corrected chi connectivity index (χ0v) is 18.3. The van der Waals surface area contributed by atoms with Crippen molar-refractivity contribution in [3.05, 3.63) is 77.5 Å². The van der Waals surface area contributed by atoms with E-state index < -0.39 is 0 Å². The predicted octanol–water partition coefficient (Wildman–Crippen LogP) is 5.13. The van der Waals surface area contributed by atoms with Gasteiger partial charge in [-0.15, -0.1) is 0 Å². The number of rotatable bonds is 3. The number of carbonyl (C=O) groups is 2. The van der Waals surface area contributed by atoms with Crippen molar-refractivity contribution in [2.24, 2.45) is 0 Å². The van der Waals surface area contributed by atoms with Crippen molar-refractivity contribution in [1.29, 1.82) is 0 Å². The Morgan fingerprint density at radius 3 is 2.50 bits per heavy atom. The van der Waals surface area contributed by atoms with Gasteiger partial charge in [0.2, 0.25) is 0 Å². The molecule has 1 N–H and O–H groups in total. The first kappa shape index (κ1) is 20.0. The maximum Gasteiger partial charge on any atom is 0.324 e. The zero-order chi connectivity index (χ0) is 22.4.